The Bertz CT molecular complexity index is 480. The van der Waals surface area contributed by atoms with Gasteiger partial charge in [0.25, 0.3) is 0 Å². The summed E-state index contributed by atoms with van der Waals surface area (Å²) >= 11 is -1.18. The third kappa shape index (κ3) is 3.37. The van der Waals surface area contributed by atoms with Crippen molar-refractivity contribution < 1.29 is 4.55 Å². The van der Waals surface area contributed by atoms with Crippen LogP contribution in [-0.4, -0.2) is 33.9 Å². The van der Waals surface area contributed by atoms with Crippen LogP contribution in [0.15, 0.2) is 11.4 Å². The molecule has 1 fully saturated rings. The van der Waals surface area contributed by atoms with Gasteiger partial charge in [0.1, 0.15) is 12.1 Å². The summed E-state index contributed by atoms with van der Waals surface area (Å²) in [7, 11) is 0. The molecule has 0 spiro atoms. The first kappa shape index (κ1) is 14.1. The highest BCUT2D eigenvalue weighted by Gasteiger charge is 2.21. The lowest BCUT2D eigenvalue weighted by molar-refractivity contribution is 0.590. The largest absolute Gasteiger partial charge is 0.609 e. The van der Waals surface area contributed by atoms with Gasteiger partial charge in [0.15, 0.2) is 0 Å². The van der Waals surface area contributed by atoms with Crippen LogP contribution in [0, 0.1) is 17.2 Å². The molecule has 0 bridgehead atoms. The summed E-state index contributed by atoms with van der Waals surface area (Å²) in [5.74, 6) is 0.794. The van der Waals surface area contributed by atoms with E-state index in [1.165, 1.54) is 0 Å². The summed E-state index contributed by atoms with van der Waals surface area (Å²) in [4.78, 5) is 10.8. The van der Waals surface area contributed by atoms with E-state index in [0.717, 1.165) is 37.3 Å². The molecule has 0 radical (unpaired) electrons. The number of hydrogen-bond donors (Lipinski definition) is 0. The Balaban J connectivity index is 2.33. The molecule has 0 amide bonds. The second-order valence-electron chi connectivity index (χ2n) is 4.88. The molecule has 1 aliphatic rings. The Hall–Kier alpha value is -1.32. The zero-order valence-corrected chi connectivity index (χ0v) is 12.1. The Morgan fingerprint density at radius 1 is 1.53 bits per heavy atom. The van der Waals surface area contributed by atoms with Gasteiger partial charge in [-0.05, 0) is 26.2 Å². The zero-order chi connectivity index (χ0) is 13.8. The molecule has 1 saturated heterocycles. The summed E-state index contributed by atoms with van der Waals surface area (Å²) in [6, 6.07) is 2.23. The van der Waals surface area contributed by atoms with E-state index in [2.05, 4.69) is 20.9 Å². The van der Waals surface area contributed by atoms with Gasteiger partial charge in [-0.25, -0.2) is 0 Å². The lowest BCUT2D eigenvalue weighted by Gasteiger charge is -2.20. The highest BCUT2D eigenvalue weighted by atomic mass is 32.2. The fourth-order valence-corrected chi connectivity index (χ4v) is 2.66. The SMILES string of the molecule is CC(C#N)Cc1cnc([S+](C)[O-])nc1N1CCCC1. The first-order valence-electron chi connectivity index (χ1n) is 6.45. The van der Waals surface area contributed by atoms with Crippen molar-refractivity contribution in [3.63, 3.8) is 0 Å². The predicted molar refractivity (Wildman–Crippen MR) is 74.3 cm³/mol. The van der Waals surface area contributed by atoms with Crippen molar-refractivity contribution in [3.05, 3.63) is 11.8 Å². The Morgan fingerprint density at radius 3 is 2.79 bits per heavy atom. The molecule has 6 heteroatoms. The van der Waals surface area contributed by atoms with Gasteiger partial charge in [-0.3, -0.25) is 0 Å². The van der Waals surface area contributed by atoms with Crippen LogP contribution < -0.4 is 4.90 Å². The Labute approximate surface area is 116 Å². The van der Waals surface area contributed by atoms with Crippen LogP contribution in [0.1, 0.15) is 25.3 Å². The number of rotatable bonds is 4. The third-order valence-electron chi connectivity index (χ3n) is 3.23. The van der Waals surface area contributed by atoms with Crippen molar-refractivity contribution in [2.45, 2.75) is 31.3 Å². The standard InChI is InChI=1S/C13H18N4OS/c1-10(8-14)7-11-9-15-13(19(2)18)16-12(11)17-5-3-4-6-17/h9-10H,3-7H2,1-2H3. The van der Waals surface area contributed by atoms with Crippen molar-refractivity contribution in [2.75, 3.05) is 24.2 Å². The Kier molecular flexibility index (Phi) is 4.61. The average Bonchev–Trinajstić information content (AvgIpc) is 2.92. The number of nitrogens with zero attached hydrogens (tertiary/aromatic N) is 4. The molecular formula is C13H18N4OS. The van der Waals surface area contributed by atoms with Gasteiger partial charge < -0.3 is 9.45 Å². The van der Waals surface area contributed by atoms with Crippen LogP contribution in [0.25, 0.3) is 0 Å². The highest BCUT2D eigenvalue weighted by molar-refractivity contribution is 7.90. The van der Waals surface area contributed by atoms with Crippen LogP contribution in [0.5, 0.6) is 0 Å². The smallest absolute Gasteiger partial charge is 0.344 e. The molecule has 1 aromatic heterocycles. The van der Waals surface area contributed by atoms with E-state index in [4.69, 9.17) is 5.26 Å². The van der Waals surface area contributed by atoms with Crippen molar-refractivity contribution in [3.8, 4) is 6.07 Å². The maximum Gasteiger partial charge on any atom is 0.344 e. The van der Waals surface area contributed by atoms with E-state index < -0.39 is 11.2 Å². The van der Waals surface area contributed by atoms with Gasteiger partial charge in [0, 0.05) is 41.9 Å². The first-order chi connectivity index (χ1) is 9.11. The van der Waals surface area contributed by atoms with Crippen molar-refractivity contribution in [2.24, 2.45) is 5.92 Å². The number of anilines is 1. The maximum absolute atomic E-state index is 11.5. The van der Waals surface area contributed by atoms with E-state index in [1.807, 2.05) is 6.92 Å². The number of hydrogen-bond acceptors (Lipinski definition) is 5. The topological polar surface area (TPSA) is 75.9 Å². The third-order valence-corrected chi connectivity index (χ3v) is 3.94. The molecule has 2 unspecified atom stereocenters. The summed E-state index contributed by atoms with van der Waals surface area (Å²) in [5.41, 5.74) is 0.977. The lowest BCUT2D eigenvalue weighted by Crippen LogP contribution is -2.23. The van der Waals surface area contributed by atoms with Crippen molar-refractivity contribution in [1.82, 2.24) is 9.97 Å². The maximum atomic E-state index is 11.5. The molecule has 2 rings (SSSR count). The van der Waals surface area contributed by atoms with E-state index in [1.54, 1.807) is 12.5 Å². The molecule has 0 N–H and O–H groups in total. The molecule has 19 heavy (non-hydrogen) atoms. The molecule has 2 heterocycles. The van der Waals surface area contributed by atoms with Gasteiger partial charge in [-0.15, -0.1) is 0 Å². The van der Waals surface area contributed by atoms with E-state index in [9.17, 15) is 4.55 Å². The monoisotopic (exact) mass is 278 g/mol. The summed E-state index contributed by atoms with van der Waals surface area (Å²) in [6.45, 7) is 3.83. The minimum Gasteiger partial charge on any atom is -0.609 e. The quantitative estimate of drug-likeness (QED) is 0.616. The molecule has 0 aliphatic carbocycles. The van der Waals surface area contributed by atoms with Gasteiger partial charge in [0.05, 0.1) is 6.07 Å². The Morgan fingerprint density at radius 2 is 2.21 bits per heavy atom. The highest BCUT2D eigenvalue weighted by Crippen LogP contribution is 2.25. The normalized spacial score (nSPS) is 18.1. The van der Waals surface area contributed by atoms with E-state index in [0.29, 0.717) is 11.6 Å². The molecule has 0 aromatic carbocycles. The summed E-state index contributed by atoms with van der Waals surface area (Å²) in [6.07, 6.45) is 6.26. The first-order valence-corrected chi connectivity index (χ1v) is 8.01. The molecule has 1 aromatic rings. The fraction of sp³-hybridized carbons (Fsp3) is 0.615. The van der Waals surface area contributed by atoms with Crippen molar-refractivity contribution >= 4 is 17.0 Å². The van der Waals surface area contributed by atoms with Gasteiger partial charge in [0.2, 0.25) is 0 Å². The van der Waals surface area contributed by atoms with Gasteiger partial charge in [-0.2, -0.15) is 15.2 Å². The lowest BCUT2D eigenvalue weighted by atomic mass is 10.0. The van der Waals surface area contributed by atoms with Gasteiger partial charge >= 0.3 is 5.16 Å². The predicted octanol–water partition coefficient (Wildman–Crippen LogP) is 1.52. The van der Waals surface area contributed by atoms with E-state index >= 15 is 0 Å². The second-order valence-corrected chi connectivity index (χ2v) is 6.16. The molecule has 5 nitrogen and oxygen atoms in total. The molecule has 102 valence electrons. The molecule has 0 saturated carbocycles. The van der Waals surface area contributed by atoms with E-state index in [-0.39, 0.29) is 5.92 Å². The minimum atomic E-state index is -1.18. The van der Waals surface area contributed by atoms with Crippen molar-refractivity contribution in [1.29, 1.82) is 5.26 Å². The molecular weight excluding hydrogens is 260 g/mol. The summed E-state index contributed by atoms with van der Waals surface area (Å²) < 4.78 is 11.5. The second kappa shape index (κ2) is 6.22. The van der Waals surface area contributed by atoms with Crippen LogP contribution in [-0.2, 0) is 17.6 Å². The van der Waals surface area contributed by atoms with Crippen LogP contribution in [0.2, 0.25) is 0 Å². The average molecular weight is 278 g/mol. The fourth-order valence-electron chi connectivity index (χ4n) is 2.24. The minimum absolute atomic E-state index is 0.0667. The van der Waals surface area contributed by atoms with Gasteiger partial charge in [-0.1, -0.05) is 0 Å². The molecule has 1 aliphatic heterocycles. The van der Waals surface area contributed by atoms with Crippen LogP contribution >= 0.6 is 0 Å². The molecule has 2 atom stereocenters. The zero-order valence-electron chi connectivity index (χ0n) is 11.3. The van der Waals surface area contributed by atoms with Crippen LogP contribution in [0.4, 0.5) is 5.82 Å². The number of aromatic nitrogens is 2. The number of nitriles is 1. The summed E-state index contributed by atoms with van der Waals surface area (Å²) in [5, 5.41) is 9.31. The van der Waals surface area contributed by atoms with Crippen LogP contribution in [0.3, 0.4) is 0 Å².